The number of carbonyl (C=O) groups is 3. The number of aromatic nitrogens is 1. The zero-order valence-corrected chi connectivity index (χ0v) is 17.2. The average molecular weight is 432 g/mol. The van der Waals surface area contributed by atoms with Crippen LogP contribution in [0.2, 0.25) is 5.02 Å². The van der Waals surface area contributed by atoms with Gasteiger partial charge in [-0.1, -0.05) is 11.6 Å². The molecule has 1 aliphatic rings. The SMILES string of the molecule is COC(=O)CNC(=O)c1ncc(C2CCN(C(=O)c3ccc(Cl)cc3)CC2)cc1O. The van der Waals surface area contributed by atoms with Crippen LogP contribution in [0.15, 0.2) is 36.5 Å². The molecule has 1 aliphatic heterocycles. The summed E-state index contributed by atoms with van der Waals surface area (Å²) in [5, 5.41) is 13.1. The van der Waals surface area contributed by atoms with Crippen molar-refractivity contribution in [1.82, 2.24) is 15.2 Å². The van der Waals surface area contributed by atoms with Crippen LogP contribution in [0.4, 0.5) is 0 Å². The van der Waals surface area contributed by atoms with Gasteiger partial charge in [-0.25, -0.2) is 4.98 Å². The van der Waals surface area contributed by atoms with Crippen molar-refractivity contribution in [2.45, 2.75) is 18.8 Å². The first-order valence-corrected chi connectivity index (χ1v) is 9.85. The quantitative estimate of drug-likeness (QED) is 0.703. The number of esters is 1. The van der Waals surface area contributed by atoms with Crippen LogP contribution < -0.4 is 5.32 Å². The van der Waals surface area contributed by atoms with Crippen molar-refractivity contribution in [3.63, 3.8) is 0 Å². The van der Waals surface area contributed by atoms with Gasteiger partial charge in [0.2, 0.25) is 0 Å². The Morgan fingerprint density at radius 3 is 2.50 bits per heavy atom. The lowest BCUT2D eigenvalue weighted by molar-refractivity contribution is -0.139. The maximum atomic E-state index is 12.6. The summed E-state index contributed by atoms with van der Waals surface area (Å²) in [6, 6.07) is 8.32. The molecule has 0 saturated carbocycles. The van der Waals surface area contributed by atoms with Crippen molar-refractivity contribution in [1.29, 1.82) is 0 Å². The fourth-order valence-corrected chi connectivity index (χ4v) is 3.49. The fraction of sp³-hybridized carbons (Fsp3) is 0.333. The molecular weight excluding hydrogens is 410 g/mol. The highest BCUT2D eigenvalue weighted by molar-refractivity contribution is 6.30. The highest BCUT2D eigenvalue weighted by Crippen LogP contribution is 2.31. The van der Waals surface area contributed by atoms with Gasteiger partial charge in [-0.15, -0.1) is 0 Å². The van der Waals surface area contributed by atoms with E-state index >= 15 is 0 Å². The summed E-state index contributed by atoms with van der Waals surface area (Å²) >= 11 is 5.87. The third kappa shape index (κ3) is 5.07. The third-order valence-electron chi connectivity index (χ3n) is 5.07. The number of nitrogens with zero attached hydrogens (tertiary/aromatic N) is 2. The number of carbonyl (C=O) groups excluding carboxylic acids is 3. The van der Waals surface area contributed by atoms with Gasteiger partial charge in [0.25, 0.3) is 11.8 Å². The normalized spacial score (nSPS) is 14.3. The maximum absolute atomic E-state index is 12.6. The van der Waals surface area contributed by atoms with E-state index in [0.29, 0.717) is 36.5 Å². The number of hydrogen-bond acceptors (Lipinski definition) is 6. The number of ether oxygens (including phenoxy) is 1. The number of nitrogens with one attached hydrogen (secondary N) is 1. The Hall–Kier alpha value is -3.13. The van der Waals surface area contributed by atoms with E-state index in [4.69, 9.17) is 11.6 Å². The first-order chi connectivity index (χ1) is 14.4. The van der Waals surface area contributed by atoms with E-state index in [1.807, 2.05) is 0 Å². The number of methoxy groups -OCH3 is 1. The van der Waals surface area contributed by atoms with Crippen LogP contribution in [-0.4, -0.2) is 59.5 Å². The molecule has 0 spiro atoms. The van der Waals surface area contributed by atoms with Crippen LogP contribution >= 0.6 is 11.6 Å². The number of halogens is 1. The van der Waals surface area contributed by atoms with Crippen LogP contribution in [0.3, 0.4) is 0 Å². The van der Waals surface area contributed by atoms with E-state index < -0.39 is 11.9 Å². The molecule has 1 aromatic carbocycles. The van der Waals surface area contributed by atoms with Gasteiger partial charge in [0.05, 0.1) is 7.11 Å². The van der Waals surface area contributed by atoms with Gasteiger partial charge in [-0.05, 0) is 54.7 Å². The van der Waals surface area contributed by atoms with Crippen molar-refractivity contribution < 1.29 is 24.2 Å². The highest BCUT2D eigenvalue weighted by atomic mass is 35.5. The van der Waals surface area contributed by atoms with Gasteiger partial charge in [0.1, 0.15) is 12.3 Å². The summed E-state index contributed by atoms with van der Waals surface area (Å²) in [5.41, 5.74) is 1.24. The highest BCUT2D eigenvalue weighted by Gasteiger charge is 2.26. The molecular formula is C21H22ClN3O5. The predicted octanol–water partition coefficient (Wildman–Crippen LogP) is 2.36. The minimum Gasteiger partial charge on any atom is -0.505 e. The topological polar surface area (TPSA) is 109 Å². The Morgan fingerprint density at radius 2 is 1.90 bits per heavy atom. The molecule has 1 saturated heterocycles. The van der Waals surface area contributed by atoms with Crippen LogP contribution in [0.1, 0.15) is 45.2 Å². The number of hydrogen-bond donors (Lipinski definition) is 2. The van der Waals surface area contributed by atoms with E-state index in [2.05, 4.69) is 15.0 Å². The molecule has 2 heterocycles. The largest absolute Gasteiger partial charge is 0.505 e. The van der Waals surface area contributed by atoms with E-state index in [0.717, 1.165) is 5.56 Å². The first-order valence-electron chi connectivity index (χ1n) is 9.47. The van der Waals surface area contributed by atoms with Gasteiger partial charge in [0, 0.05) is 29.9 Å². The van der Waals surface area contributed by atoms with Crippen LogP contribution in [0.25, 0.3) is 0 Å². The average Bonchev–Trinajstić information content (AvgIpc) is 2.77. The number of piperidine rings is 1. The molecule has 0 aliphatic carbocycles. The Balaban J connectivity index is 1.59. The summed E-state index contributed by atoms with van der Waals surface area (Å²) in [4.78, 5) is 41.6. The summed E-state index contributed by atoms with van der Waals surface area (Å²) in [6.07, 6.45) is 2.98. The minimum atomic E-state index is -0.659. The predicted molar refractivity (Wildman–Crippen MR) is 110 cm³/mol. The van der Waals surface area contributed by atoms with Crippen molar-refractivity contribution in [3.8, 4) is 5.75 Å². The molecule has 1 fully saturated rings. The monoisotopic (exact) mass is 431 g/mol. The van der Waals surface area contributed by atoms with Gasteiger partial charge in [-0.3, -0.25) is 14.4 Å². The molecule has 2 amide bonds. The molecule has 0 unspecified atom stereocenters. The third-order valence-corrected chi connectivity index (χ3v) is 5.32. The molecule has 3 rings (SSSR count). The lowest BCUT2D eigenvalue weighted by Gasteiger charge is -2.32. The molecule has 9 heteroatoms. The van der Waals surface area contributed by atoms with E-state index in [1.54, 1.807) is 35.4 Å². The number of aromatic hydroxyl groups is 1. The summed E-state index contributed by atoms with van der Waals surface area (Å²) in [5.74, 6) is -1.43. The second kappa shape index (κ2) is 9.58. The van der Waals surface area contributed by atoms with Crippen molar-refractivity contribution in [2.75, 3.05) is 26.7 Å². The van der Waals surface area contributed by atoms with E-state index in [9.17, 15) is 19.5 Å². The Kier molecular flexibility index (Phi) is 6.89. The standard InChI is InChI=1S/C21H22ClN3O5/c1-30-18(27)12-24-20(28)19-17(26)10-15(11-23-19)13-6-8-25(9-7-13)21(29)14-2-4-16(22)5-3-14/h2-5,10-11,13,26H,6-9,12H2,1H3,(H,24,28). The van der Waals surface area contributed by atoms with Crippen LogP contribution in [0, 0.1) is 0 Å². The van der Waals surface area contributed by atoms with Gasteiger partial charge in [-0.2, -0.15) is 0 Å². The zero-order chi connectivity index (χ0) is 21.7. The summed E-state index contributed by atoms with van der Waals surface area (Å²) in [7, 11) is 1.22. The van der Waals surface area contributed by atoms with Crippen molar-refractivity contribution in [2.24, 2.45) is 0 Å². The maximum Gasteiger partial charge on any atom is 0.325 e. The fourth-order valence-electron chi connectivity index (χ4n) is 3.37. The van der Waals surface area contributed by atoms with E-state index in [1.165, 1.54) is 13.2 Å². The van der Waals surface area contributed by atoms with Crippen LogP contribution in [0.5, 0.6) is 5.75 Å². The molecule has 8 nitrogen and oxygen atoms in total. The van der Waals surface area contributed by atoms with Gasteiger partial charge < -0.3 is 20.1 Å². The second-order valence-electron chi connectivity index (χ2n) is 6.97. The smallest absolute Gasteiger partial charge is 0.325 e. The number of rotatable bonds is 5. The zero-order valence-electron chi connectivity index (χ0n) is 16.4. The molecule has 0 radical (unpaired) electrons. The van der Waals surface area contributed by atoms with Crippen molar-refractivity contribution >= 4 is 29.4 Å². The van der Waals surface area contributed by atoms with Crippen LogP contribution in [-0.2, 0) is 9.53 Å². The summed E-state index contributed by atoms with van der Waals surface area (Å²) < 4.78 is 4.45. The number of amides is 2. The number of benzene rings is 1. The Bertz CT molecular complexity index is 940. The molecule has 30 heavy (non-hydrogen) atoms. The van der Waals surface area contributed by atoms with Gasteiger partial charge in [0.15, 0.2) is 5.69 Å². The molecule has 158 valence electrons. The minimum absolute atomic E-state index is 0.0382. The first kappa shape index (κ1) is 21.6. The lowest BCUT2D eigenvalue weighted by Crippen LogP contribution is -2.38. The van der Waals surface area contributed by atoms with E-state index in [-0.39, 0.29) is 29.8 Å². The van der Waals surface area contributed by atoms with Gasteiger partial charge >= 0.3 is 5.97 Å². The molecule has 0 bridgehead atoms. The Labute approximate surface area is 178 Å². The molecule has 0 atom stereocenters. The molecule has 2 N–H and O–H groups in total. The number of pyridine rings is 1. The lowest BCUT2D eigenvalue weighted by atomic mass is 9.90. The number of likely N-dealkylation sites (tertiary alicyclic amines) is 1. The van der Waals surface area contributed by atoms with Crippen molar-refractivity contribution in [3.05, 3.63) is 58.4 Å². The molecule has 2 aromatic rings. The molecule has 1 aromatic heterocycles. The summed E-state index contributed by atoms with van der Waals surface area (Å²) in [6.45, 7) is 0.848. The second-order valence-corrected chi connectivity index (χ2v) is 7.40. The Morgan fingerprint density at radius 1 is 1.23 bits per heavy atom.